The molecule has 3 rings (SSSR count). The number of ether oxygens (including phenoxy) is 3. The van der Waals surface area contributed by atoms with E-state index < -0.39 is 18.0 Å². The number of nitrogens with zero attached hydrogens (tertiary/aromatic N) is 1. The molecule has 24 heavy (non-hydrogen) atoms. The zero-order chi connectivity index (χ0) is 17.3. The van der Waals surface area contributed by atoms with Gasteiger partial charge in [-0.2, -0.15) is 0 Å². The zero-order valence-corrected chi connectivity index (χ0v) is 14.2. The van der Waals surface area contributed by atoms with Crippen molar-refractivity contribution in [3.63, 3.8) is 0 Å². The SMILES string of the molecule is COC(=O)[C@H]1[C@H]2[C@H](OC)C[C@@H](C[C@@H]1OC(=O)c1ccccc1)N2C. The van der Waals surface area contributed by atoms with Crippen molar-refractivity contribution in [3.8, 4) is 0 Å². The summed E-state index contributed by atoms with van der Waals surface area (Å²) in [5.74, 6) is -1.32. The third-order valence-corrected chi connectivity index (χ3v) is 5.25. The Bertz CT molecular complexity index is 605. The van der Waals surface area contributed by atoms with Crippen LogP contribution in [0, 0.1) is 5.92 Å². The topological polar surface area (TPSA) is 65.1 Å². The molecular formula is C18H23NO5. The molecule has 0 N–H and O–H groups in total. The van der Waals surface area contributed by atoms with Crippen LogP contribution in [0.1, 0.15) is 23.2 Å². The summed E-state index contributed by atoms with van der Waals surface area (Å²) in [6.45, 7) is 0. The molecule has 0 unspecified atom stereocenters. The molecule has 2 heterocycles. The molecule has 1 aromatic rings. The number of carbonyl (C=O) groups is 2. The summed E-state index contributed by atoms with van der Waals surface area (Å²) in [7, 11) is 5.00. The van der Waals surface area contributed by atoms with Gasteiger partial charge in [-0.1, -0.05) is 18.2 Å². The summed E-state index contributed by atoms with van der Waals surface area (Å²) in [6.07, 6.45) is 0.858. The highest BCUT2D eigenvalue weighted by Gasteiger charge is 2.55. The fourth-order valence-electron chi connectivity index (χ4n) is 4.03. The maximum atomic E-state index is 12.4. The monoisotopic (exact) mass is 333 g/mol. The summed E-state index contributed by atoms with van der Waals surface area (Å²) in [4.78, 5) is 27.0. The van der Waals surface area contributed by atoms with Crippen molar-refractivity contribution >= 4 is 11.9 Å². The molecule has 0 amide bonds. The van der Waals surface area contributed by atoms with E-state index in [0.717, 1.165) is 6.42 Å². The van der Waals surface area contributed by atoms with E-state index in [1.165, 1.54) is 7.11 Å². The number of benzene rings is 1. The maximum Gasteiger partial charge on any atom is 0.338 e. The van der Waals surface area contributed by atoms with Gasteiger partial charge in [0.15, 0.2) is 0 Å². The van der Waals surface area contributed by atoms with Crippen LogP contribution in [0.2, 0.25) is 0 Å². The van der Waals surface area contributed by atoms with E-state index in [4.69, 9.17) is 14.2 Å². The molecule has 0 aromatic heterocycles. The van der Waals surface area contributed by atoms with Crippen molar-refractivity contribution in [2.24, 2.45) is 5.92 Å². The van der Waals surface area contributed by atoms with Crippen LogP contribution in [-0.2, 0) is 19.0 Å². The van der Waals surface area contributed by atoms with Gasteiger partial charge < -0.3 is 14.2 Å². The first-order chi connectivity index (χ1) is 11.6. The molecule has 2 saturated heterocycles. The normalized spacial score (nSPS) is 32.4. The summed E-state index contributed by atoms with van der Waals surface area (Å²) in [6, 6.07) is 8.91. The lowest BCUT2D eigenvalue weighted by atomic mass is 9.87. The van der Waals surface area contributed by atoms with Crippen LogP contribution in [-0.4, -0.2) is 62.4 Å². The first-order valence-corrected chi connectivity index (χ1v) is 8.15. The molecule has 2 fully saturated rings. The Hall–Kier alpha value is -1.92. The highest BCUT2D eigenvalue weighted by atomic mass is 16.6. The quantitative estimate of drug-likeness (QED) is 0.778. The number of methoxy groups -OCH3 is 2. The van der Waals surface area contributed by atoms with Gasteiger partial charge in [-0.3, -0.25) is 9.69 Å². The number of rotatable bonds is 4. The third kappa shape index (κ3) is 2.91. The number of carbonyl (C=O) groups excluding carboxylic acids is 2. The Morgan fingerprint density at radius 2 is 1.75 bits per heavy atom. The third-order valence-electron chi connectivity index (χ3n) is 5.25. The average Bonchev–Trinajstić information content (AvgIpc) is 2.81. The number of hydrogen-bond acceptors (Lipinski definition) is 6. The van der Waals surface area contributed by atoms with Gasteiger partial charge in [0.2, 0.25) is 0 Å². The molecule has 2 bridgehead atoms. The van der Waals surface area contributed by atoms with E-state index in [0.29, 0.717) is 12.0 Å². The predicted molar refractivity (Wildman–Crippen MR) is 86.5 cm³/mol. The fraction of sp³-hybridized carbons (Fsp3) is 0.556. The molecule has 1 aromatic carbocycles. The van der Waals surface area contributed by atoms with Crippen molar-refractivity contribution < 1.29 is 23.8 Å². The van der Waals surface area contributed by atoms with Crippen molar-refractivity contribution in [3.05, 3.63) is 35.9 Å². The molecule has 0 saturated carbocycles. The average molecular weight is 333 g/mol. The molecule has 0 aliphatic carbocycles. The first kappa shape index (κ1) is 16.9. The van der Waals surface area contributed by atoms with E-state index in [2.05, 4.69) is 4.90 Å². The zero-order valence-electron chi connectivity index (χ0n) is 14.2. The molecular weight excluding hydrogens is 310 g/mol. The molecule has 2 aliphatic rings. The van der Waals surface area contributed by atoms with E-state index in [1.54, 1.807) is 31.4 Å². The van der Waals surface area contributed by atoms with Crippen molar-refractivity contribution in [1.82, 2.24) is 4.90 Å². The van der Waals surface area contributed by atoms with Crippen molar-refractivity contribution in [2.75, 3.05) is 21.3 Å². The van der Waals surface area contributed by atoms with E-state index in [1.807, 2.05) is 13.1 Å². The van der Waals surface area contributed by atoms with Crippen LogP contribution in [0.5, 0.6) is 0 Å². The minimum absolute atomic E-state index is 0.0653. The Balaban J connectivity index is 1.84. The van der Waals surface area contributed by atoms with Crippen LogP contribution in [0.25, 0.3) is 0 Å². The molecule has 0 radical (unpaired) electrons. The second-order valence-electron chi connectivity index (χ2n) is 6.41. The van der Waals surface area contributed by atoms with Gasteiger partial charge in [-0.25, -0.2) is 4.79 Å². The second-order valence-corrected chi connectivity index (χ2v) is 6.41. The van der Waals surface area contributed by atoms with Gasteiger partial charge in [0.25, 0.3) is 0 Å². The minimum atomic E-state index is -0.545. The van der Waals surface area contributed by atoms with Gasteiger partial charge in [0.05, 0.1) is 24.8 Å². The predicted octanol–water partition coefficient (Wildman–Crippen LogP) is 1.49. The number of piperidine rings is 1. The van der Waals surface area contributed by atoms with Crippen LogP contribution in [0.15, 0.2) is 30.3 Å². The Kier molecular flexibility index (Phi) is 4.87. The number of hydrogen-bond donors (Lipinski definition) is 0. The number of fused-ring (bicyclic) bond motifs is 2. The van der Waals surface area contributed by atoms with Crippen LogP contribution >= 0.6 is 0 Å². The molecule has 6 nitrogen and oxygen atoms in total. The van der Waals surface area contributed by atoms with Crippen LogP contribution in [0.4, 0.5) is 0 Å². The molecule has 130 valence electrons. The van der Waals surface area contributed by atoms with Gasteiger partial charge >= 0.3 is 11.9 Å². The Labute approximate surface area is 141 Å². The highest BCUT2D eigenvalue weighted by Crippen LogP contribution is 2.41. The lowest BCUT2D eigenvalue weighted by Gasteiger charge is -2.41. The molecule has 0 spiro atoms. The van der Waals surface area contributed by atoms with E-state index in [-0.39, 0.29) is 24.2 Å². The highest BCUT2D eigenvalue weighted by molar-refractivity contribution is 5.89. The van der Waals surface area contributed by atoms with E-state index >= 15 is 0 Å². The molecule has 6 heteroatoms. The van der Waals surface area contributed by atoms with Crippen molar-refractivity contribution in [1.29, 1.82) is 0 Å². The number of esters is 2. The van der Waals surface area contributed by atoms with Gasteiger partial charge in [0, 0.05) is 19.6 Å². The number of likely N-dealkylation sites (N-methyl/N-ethyl adjacent to an activating group) is 1. The molecule has 5 atom stereocenters. The largest absolute Gasteiger partial charge is 0.469 e. The standard InChI is InChI=1S/C18H23NO5/c1-19-12-9-13(24-17(20)11-7-5-4-6-8-11)15(18(21)23-3)16(19)14(10-12)22-2/h4-8,12-16H,9-10H2,1-3H3/t12-,13+,14-,15-,16-/m1/s1. The van der Waals surface area contributed by atoms with Crippen molar-refractivity contribution in [2.45, 2.75) is 37.1 Å². The maximum absolute atomic E-state index is 12.4. The van der Waals surface area contributed by atoms with Gasteiger partial charge in [-0.05, 0) is 25.6 Å². The van der Waals surface area contributed by atoms with Gasteiger partial charge in [0.1, 0.15) is 12.0 Å². The lowest BCUT2D eigenvalue weighted by Crippen LogP contribution is -2.55. The second kappa shape index (κ2) is 6.91. The summed E-state index contributed by atoms with van der Waals surface area (Å²) in [5.41, 5.74) is 0.482. The van der Waals surface area contributed by atoms with Crippen LogP contribution in [0.3, 0.4) is 0 Å². The lowest BCUT2D eigenvalue weighted by molar-refractivity contribution is -0.158. The summed E-state index contributed by atoms with van der Waals surface area (Å²) in [5, 5.41) is 0. The minimum Gasteiger partial charge on any atom is -0.469 e. The molecule has 2 aliphatic heterocycles. The summed E-state index contributed by atoms with van der Waals surface area (Å²) < 4.78 is 16.3. The van der Waals surface area contributed by atoms with E-state index in [9.17, 15) is 9.59 Å². The summed E-state index contributed by atoms with van der Waals surface area (Å²) >= 11 is 0. The van der Waals surface area contributed by atoms with Gasteiger partial charge in [-0.15, -0.1) is 0 Å². The Morgan fingerprint density at radius 3 is 2.38 bits per heavy atom. The first-order valence-electron chi connectivity index (χ1n) is 8.15. The Morgan fingerprint density at radius 1 is 1.08 bits per heavy atom. The van der Waals surface area contributed by atoms with Crippen LogP contribution < -0.4 is 0 Å². The fourth-order valence-corrected chi connectivity index (χ4v) is 4.03. The smallest absolute Gasteiger partial charge is 0.338 e.